The molecule has 0 bridgehead atoms. The van der Waals surface area contributed by atoms with Gasteiger partial charge in [-0.3, -0.25) is 9.59 Å². The van der Waals surface area contributed by atoms with E-state index in [4.69, 9.17) is 16.3 Å². The van der Waals surface area contributed by atoms with Gasteiger partial charge in [0, 0.05) is 22.0 Å². The van der Waals surface area contributed by atoms with Crippen molar-refractivity contribution in [1.82, 2.24) is 5.43 Å². The average molecular weight is 437 g/mol. The van der Waals surface area contributed by atoms with Gasteiger partial charge in [0.05, 0.1) is 19.0 Å². The van der Waals surface area contributed by atoms with Gasteiger partial charge < -0.3 is 15.4 Å². The number of halogens is 1. The largest absolute Gasteiger partial charge is 0.495 e. The van der Waals surface area contributed by atoms with Crippen molar-refractivity contribution in [1.29, 1.82) is 0 Å². The molecule has 3 aromatic carbocycles. The molecule has 0 spiro atoms. The van der Waals surface area contributed by atoms with Crippen LogP contribution in [0.15, 0.2) is 71.8 Å². The van der Waals surface area contributed by atoms with Gasteiger partial charge in [0.15, 0.2) is 0 Å². The fourth-order valence-electron chi connectivity index (χ4n) is 2.74. The lowest BCUT2D eigenvalue weighted by atomic mass is 10.1. The Bertz CT molecular complexity index is 1110. The molecule has 0 aliphatic rings. The van der Waals surface area contributed by atoms with Crippen molar-refractivity contribution in [2.75, 3.05) is 17.7 Å². The number of nitrogens with one attached hydrogen (secondary N) is 3. The summed E-state index contributed by atoms with van der Waals surface area (Å²) in [6.07, 6.45) is 1.44. The second-order valence-corrected chi connectivity index (χ2v) is 6.96. The first-order valence-electron chi connectivity index (χ1n) is 9.37. The maximum absolute atomic E-state index is 12.0. The standard InChI is InChI=1S/C23H21ClN4O3/c1-15-6-3-4-8-19(15)27-21-16(7-5-9-20(21)31-2)14-25-28-23(30)22(29)26-18-12-10-17(24)11-13-18/h3-14,27H,1-2H3,(H,26,29)(H,28,30)/b25-14-. The van der Waals surface area contributed by atoms with E-state index in [1.165, 1.54) is 6.21 Å². The van der Waals surface area contributed by atoms with Crippen LogP contribution < -0.4 is 20.8 Å². The van der Waals surface area contributed by atoms with Gasteiger partial charge in [-0.05, 0) is 48.9 Å². The van der Waals surface area contributed by atoms with Crippen LogP contribution in [0.2, 0.25) is 5.02 Å². The van der Waals surface area contributed by atoms with Crippen LogP contribution in [0.4, 0.5) is 17.1 Å². The monoisotopic (exact) mass is 436 g/mol. The van der Waals surface area contributed by atoms with E-state index in [0.29, 0.717) is 27.7 Å². The number of benzene rings is 3. The number of aryl methyl sites for hydroxylation is 1. The van der Waals surface area contributed by atoms with Crippen molar-refractivity contribution in [3.63, 3.8) is 0 Å². The van der Waals surface area contributed by atoms with E-state index in [-0.39, 0.29) is 0 Å². The fraction of sp³-hybridized carbons (Fsp3) is 0.0870. The highest BCUT2D eigenvalue weighted by Gasteiger charge is 2.13. The lowest BCUT2D eigenvalue weighted by molar-refractivity contribution is -0.136. The van der Waals surface area contributed by atoms with Crippen LogP contribution in [-0.4, -0.2) is 25.1 Å². The molecule has 3 aromatic rings. The van der Waals surface area contributed by atoms with Gasteiger partial charge in [0.2, 0.25) is 0 Å². The van der Waals surface area contributed by atoms with Crippen LogP contribution >= 0.6 is 11.6 Å². The summed E-state index contributed by atoms with van der Waals surface area (Å²) in [4.78, 5) is 24.1. The number of methoxy groups -OCH3 is 1. The molecule has 3 rings (SSSR count). The average Bonchev–Trinajstić information content (AvgIpc) is 2.77. The van der Waals surface area contributed by atoms with Crippen molar-refractivity contribution in [2.45, 2.75) is 6.92 Å². The number of amides is 2. The maximum atomic E-state index is 12.0. The first kappa shape index (κ1) is 21.9. The Morgan fingerprint density at radius 1 is 0.968 bits per heavy atom. The van der Waals surface area contributed by atoms with Gasteiger partial charge in [-0.25, -0.2) is 5.43 Å². The highest BCUT2D eigenvalue weighted by atomic mass is 35.5. The first-order valence-corrected chi connectivity index (χ1v) is 9.75. The second-order valence-electron chi connectivity index (χ2n) is 6.52. The van der Waals surface area contributed by atoms with Gasteiger partial charge in [0.25, 0.3) is 0 Å². The zero-order valence-corrected chi connectivity index (χ0v) is 17.7. The van der Waals surface area contributed by atoms with Crippen LogP contribution in [0.1, 0.15) is 11.1 Å². The summed E-state index contributed by atoms with van der Waals surface area (Å²) in [5.74, 6) is -1.13. The van der Waals surface area contributed by atoms with Gasteiger partial charge >= 0.3 is 11.8 Å². The number of anilines is 3. The number of carbonyl (C=O) groups excluding carboxylic acids is 2. The van der Waals surface area contributed by atoms with Gasteiger partial charge in [-0.2, -0.15) is 5.10 Å². The molecular weight excluding hydrogens is 416 g/mol. The Balaban J connectivity index is 1.71. The molecule has 8 heteroatoms. The zero-order chi connectivity index (χ0) is 22.2. The molecule has 0 saturated carbocycles. The quantitative estimate of drug-likeness (QED) is 0.301. The molecule has 7 nitrogen and oxygen atoms in total. The Hall–Kier alpha value is -3.84. The Kier molecular flexibility index (Phi) is 7.24. The van der Waals surface area contributed by atoms with Gasteiger partial charge in [-0.1, -0.05) is 41.9 Å². The highest BCUT2D eigenvalue weighted by Crippen LogP contribution is 2.31. The molecule has 3 N–H and O–H groups in total. The minimum absolute atomic E-state index is 0.450. The van der Waals surface area contributed by atoms with Crippen molar-refractivity contribution >= 4 is 46.7 Å². The molecule has 0 aromatic heterocycles. The summed E-state index contributed by atoms with van der Waals surface area (Å²) in [6.45, 7) is 1.99. The van der Waals surface area contributed by atoms with E-state index >= 15 is 0 Å². The van der Waals surface area contributed by atoms with Crippen LogP contribution in [0.25, 0.3) is 0 Å². The van der Waals surface area contributed by atoms with Crippen molar-refractivity contribution in [3.05, 3.63) is 82.9 Å². The van der Waals surface area contributed by atoms with E-state index in [2.05, 4.69) is 21.2 Å². The Labute approximate surface area is 185 Å². The van der Waals surface area contributed by atoms with Gasteiger partial charge in [0.1, 0.15) is 5.75 Å². The molecule has 0 unspecified atom stereocenters. The molecule has 0 heterocycles. The molecule has 2 amide bonds. The van der Waals surface area contributed by atoms with Crippen molar-refractivity contribution in [2.24, 2.45) is 5.10 Å². The van der Waals surface area contributed by atoms with Crippen molar-refractivity contribution < 1.29 is 14.3 Å². The van der Waals surface area contributed by atoms with Crippen LogP contribution in [0.3, 0.4) is 0 Å². The van der Waals surface area contributed by atoms with E-state index in [1.807, 2.05) is 43.3 Å². The topological polar surface area (TPSA) is 91.8 Å². The smallest absolute Gasteiger partial charge is 0.329 e. The SMILES string of the molecule is COc1cccc(/C=N\NC(=O)C(=O)Nc2ccc(Cl)cc2)c1Nc1ccccc1C. The number of hydrogen-bond acceptors (Lipinski definition) is 5. The van der Waals surface area contributed by atoms with Crippen LogP contribution in [-0.2, 0) is 9.59 Å². The van der Waals surface area contributed by atoms with E-state index in [0.717, 1.165) is 11.3 Å². The third-order valence-corrected chi connectivity index (χ3v) is 4.61. The molecule has 0 atom stereocenters. The second kappa shape index (κ2) is 10.3. The summed E-state index contributed by atoms with van der Waals surface area (Å²) in [5, 5.41) is 10.3. The normalized spacial score (nSPS) is 10.5. The third-order valence-electron chi connectivity index (χ3n) is 4.36. The predicted molar refractivity (Wildman–Crippen MR) is 123 cm³/mol. The maximum Gasteiger partial charge on any atom is 0.329 e. The van der Waals surface area contributed by atoms with Crippen LogP contribution in [0.5, 0.6) is 5.75 Å². The number of rotatable bonds is 6. The zero-order valence-electron chi connectivity index (χ0n) is 17.0. The number of hydrazone groups is 1. The lowest BCUT2D eigenvalue weighted by Crippen LogP contribution is -2.32. The molecule has 158 valence electrons. The van der Waals surface area contributed by atoms with Gasteiger partial charge in [-0.15, -0.1) is 0 Å². The summed E-state index contributed by atoms with van der Waals surface area (Å²) in [6, 6.07) is 19.7. The third kappa shape index (κ3) is 5.83. The molecule has 0 saturated heterocycles. The minimum Gasteiger partial charge on any atom is -0.495 e. The molecule has 31 heavy (non-hydrogen) atoms. The number of ether oxygens (including phenoxy) is 1. The van der Waals surface area contributed by atoms with Crippen LogP contribution in [0, 0.1) is 6.92 Å². The Morgan fingerprint density at radius 3 is 2.42 bits per heavy atom. The van der Waals surface area contributed by atoms with E-state index in [1.54, 1.807) is 37.4 Å². The summed E-state index contributed by atoms with van der Waals surface area (Å²) < 4.78 is 5.45. The molecular formula is C23H21ClN4O3. The predicted octanol–water partition coefficient (Wildman–Crippen LogP) is 4.49. The first-order chi connectivity index (χ1) is 15.0. The molecule has 0 aliphatic heterocycles. The fourth-order valence-corrected chi connectivity index (χ4v) is 2.87. The Morgan fingerprint density at radius 2 is 1.71 bits per heavy atom. The molecule has 0 radical (unpaired) electrons. The van der Waals surface area contributed by atoms with E-state index in [9.17, 15) is 9.59 Å². The molecule has 0 aliphatic carbocycles. The number of carbonyl (C=O) groups is 2. The number of para-hydroxylation sites is 2. The van der Waals surface area contributed by atoms with E-state index < -0.39 is 11.8 Å². The highest BCUT2D eigenvalue weighted by molar-refractivity contribution is 6.39. The van der Waals surface area contributed by atoms with Crippen molar-refractivity contribution in [3.8, 4) is 5.75 Å². The lowest BCUT2D eigenvalue weighted by Gasteiger charge is -2.15. The summed E-state index contributed by atoms with van der Waals surface area (Å²) in [5.41, 5.74) is 6.00. The minimum atomic E-state index is -0.900. The molecule has 0 fully saturated rings. The number of nitrogens with zero attached hydrogens (tertiary/aromatic N) is 1. The summed E-state index contributed by atoms with van der Waals surface area (Å²) in [7, 11) is 1.57. The number of hydrogen-bond donors (Lipinski definition) is 3. The summed E-state index contributed by atoms with van der Waals surface area (Å²) >= 11 is 5.81.